The zero-order valence-electron chi connectivity index (χ0n) is 13.4. The number of fused-ring (bicyclic) bond motifs is 2. The molecule has 0 aromatic heterocycles. The third-order valence-electron chi connectivity index (χ3n) is 5.51. The molecule has 0 spiro atoms. The fraction of sp³-hybridized carbons (Fsp3) is 0.611. The molecule has 0 saturated carbocycles. The summed E-state index contributed by atoms with van der Waals surface area (Å²) >= 11 is 0. The highest BCUT2D eigenvalue weighted by atomic mass is 16.5. The van der Waals surface area contributed by atoms with Crippen molar-refractivity contribution in [2.24, 2.45) is 0 Å². The Bertz CT molecular complexity index is 518. The molecule has 1 unspecified atom stereocenters. The molecule has 2 saturated heterocycles. The molecular formula is C18H25NO3. The molecule has 4 heteroatoms. The highest BCUT2D eigenvalue weighted by Gasteiger charge is 2.43. The number of hydrogen-bond acceptors (Lipinski definition) is 4. The molecule has 2 fully saturated rings. The van der Waals surface area contributed by atoms with Crippen molar-refractivity contribution in [2.75, 3.05) is 13.7 Å². The normalized spacial score (nSPS) is 30.8. The molecule has 4 atom stereocenters. The van der Waals surface area contributed by atoms with Crippen molar-refractivity contribution >= 4 is 5.97 Å². The van der Waals surface area contributed by atoms with Crippen molar-refractivity contribution in [2.45, 2.75) is 56.2 Å². The Morgan fingerprint density at radius 2 is 1.86 bits per heavy atom. The van der Waals surface area contributed by atoms with Gasteiger partial charge in [0.05, 0.1) is 6.61 Å². The van der Waals surface area contributed by atoms with Crippen LogP contribution in [-0.2, 0) is 14.9 Å². The number of piperidine rings is 1. The maximum atomic E-state index is 12.7. The minimum atomic E-state index is -0.982. The summed E-state index contributed by atoms with van der Waals surface area (Å²) in [7, 11) is 2.17. The van der Waals surface area contributed by atoms with Crippen molar-refractivity contribution in [1.82, 2.24) is 4.90 Å². The minimum Gasteiger partial charge on any atom is -0.462 e. The van der Waals surface area contributed by atoms with Crippen LogP contribution in [0.25, 0.3) is 0 Å². The number of benzene rings is 1. The molecule has 1 aromatic carbocycles. The second kappa shape index (κ2) is 6.01. The van der Waals surface area contributed by atoms with E-state index in [0.29, 0.717) is 12.1 Å². The Morgan fingerprint density at radius 3 is 2.41 bits per heavy atom. The number of aliphatic hydroxyl groups is 1. The van der Waals surface area contributed by atoms with Gasteiger partial charge in [0.1, 0.15) is 11.5 Å². The summed E-state index contributed by atoms with van der Waals surface area (Å²) in [6, 6.07) is 10.5. The van der Waals surface area contributed by atoms with Gasteiger partial charge < -0.3 is 14.7 Å². The standard InChI is InChI=1S/C18H25NO3/c1-18(12-20,13-6-4-3-5-7-13)17(21)22-16-10-14-8-9-15(11-16)19(14)2/h3-7,14-16,20H,8-12H2,1-2H3/t14-,15+,16-,18?. The molecule has 1 N–H and O–H groups in total. The Balaban J connectivity index is 1.71. The molecule has 1 aromatic rings. The lowest BCUT2D eigenvalue weighted by molar-refractivity contribution is -0.160. The van der Waals surface area contributed by atoms with E-state index in [2.05, 4.69) is 11.9 Å². The molecule has 4 nitrogen and oxygen atoms in total. The molecule has 0 amide bonds. The highest BCUT2D eigenvalue weighted by Crippen LogP contribution is 2.36. The summed E-state index contributed by atoms with van der Waals surface area (Å²) in [5, 5.41) is 9.79. The lowest BCUT2D eigenvalue weighted by Gasteiger charge is -2.37. The van der Waals surface area contributed by atoms with E-state index in [1.165, 1.54) is 12.8 Å². The predicted octanol–water partition coefficient (Wildman–Crippen LogP) is 2.10. The maximum absolute atomic E-state index is 12.7. The number of carbonyl (C=O) groups excluding carboxylic acids is 1. The third kappa shape index (κ3) is 2.66. The van der Waals surface area contributed by atoms with Crippen LogP contribution in [0, 0.1) is 0 Å². The van der Waals surface area contributed by atoms with Crippen LogP contribution in [0.4, 0.5) is 0 Å². The van der Waals surface area contributed by atoms with Gasteiger partial charge in [0.15, 0.2) is 0 Å². The average Bonchev–Trinajstić information content (AvgIpc) is 2.76. The molecule has 3 rings (SSSR count). The summed E-state index contributed by atoms with van der Waals surface area (Å²) in [5.41, 5.74) is -0.178. The smallest absolute Gasteiger partial charge is 0.318 e. The first-order chi connectivity index (χ1) is 10.5. The van der Waals surface area contributed by atoms with Gasteiger partial charge >= 0.3 is 5.97 Å². The van der Waals surface area contributed by atoms with Crippen LogP contribution in [0.15, 0.2) is 30.3 Å². The molecular weight excluding hydrogens is 278 g/mol. The van der Waals surface area contributed by atoms with Gasteiger partial charge in [-0.15, -0.1) is 0 Å². The summed E-state index contributed by atoms with van der Waals surface area (Å²) in [4.78, 5) is 15.1. The van der Waals surface area contributed by atoms with E-state index in [0.717, 1.165) is 18.4 Å². The Morgan fingerprint density at radius 1 is 1.27 bits per heavy atom. The molecule has 0 aliphatic carbocycles. The third-order valence-corrected chi connectivity index (χ3v) is 5.51. The first-order valence-electron chi connectivity index (χ1n) is 8.14. The van der Waals surface area contributed by atoms with Gasteiger partial charge in [-0.1, -0.05) is 30.3 Å². The van der Waals surface area contributed by atoms with Gasteiger partial charge in [0.2, 0.25) is 0 Å². The number of hydrogen-bond donors (Lipinski definition) is 1. The van der Waals surface area contributed by atoms with Crippen LogP contribution >= 0.6 is 0 Å². The lowest BCUT2D eigenvalue weighted by atomic mass is 9.83. The number of carbonyl (C=O) groups is 1. The first kappa shape index (κ1) is 15.5. The fourth-order valence-electron chi connectivity index (χ4n) is 3.82. The van der Waals surface area contributed by atoms with Crippen molar-refractivity contribution in [1.29, 1.82) is 0 Å². The molecule has 22 heavy (non-hydrogen) atoms. The van der Waals surface area contributed by atoms with Crippen LogP contribution in [0.2, 0.25) is 0 Å². The molecule has 2 heterocycles. The number of esters is 1. The quantitative estimate of drug-likeness (QED) is 0.866. The molecule has 2 aliphatic rings. The molecule has 120 valence electrons. The van der Waals surface area contributed by atoms with E-state index in [1.807, 2.05) is 30.3 Å². The van der Waals surface area contributed by atoms with E-state index in [9.17, 15) is 9.90 Å². The molecule has 0 radical (unpaired) electrons. The van der Waals surface area contributed by atoms with Gasteiger partial charge in [-0.25, -0.2) is 0 Å². The lowest BCUT2D eigenvalue weighted by Crippen LogP contribution is -2.46. The van der Waals surface area contributed by atoms with Gasteiger partial charge in [-0.05, 0) is 45.2 Å². The van der Waals surface area contributed by atoms with Crippen molar-refractivity contribution in [3.8, 4) is 0 Å². The van der Waals surface area contributed by atoms with Crippen molar-refractivity contribution in [3.05, 3.63) is 35.9 Å². The Labute approximate surface area is 132 Å². The summed E-state index contributed by atoms with van der Waals surface area (Å²) < 4.78 is 5.81. The van der Waals surface area contributed by atoms with Gasteiger partial charge in [0.25, 0.3) is 0 Å². The summed E-state index contributed by atoms with van der Waals surface area (Å²) in [6.45, 7) is 1.52. The summed E-state index contributed by atoms with van der Waals surface area (Å²) in [6.07, 6.45) is 4.20. The number of aliphatic hydroxyl groups excluding tert-OH is 1. The van der Waals surface area contributed by atoms with E-state index in [-0.39, 0.29) is 18.7 Å². The van der Waals surface area contributed by atoms with Crippen LogP contribution < -0.4 is 0 Å². The topological polar surface area (TPSA) is 49.8 Å². The SMILES string of the molecule is CN1[C@@H]2CC[C@H]1C[C@H](OC(=O)C(C)(CO)c1ccccc1)C2. The zero-order valence-corrected chi connectivity index (χ0v) is 13.4. The van der Waals surface area contributed by atoms with E-state index < -0.39 is 5.41 Å². The molecule has 2 aliphatic heterocycles. The first-order valence-corrected chi connectivity index (χ1v) is 8.14. The highest BCUT2D eigenvalue weighted by molar-refractivity contribution is 5.83. The van der Waals surface area contributed by atoms with Gasteiger partial charge in [0, 0.05) is 12.1 Å². The fourth-order valence-corrected chi connectivity index (χ4v) is 3.82. The summed E-state index contributed by atoms with van der Waals surface area (Å²) in [5.74, 6) is -0.310. The Kier molecular flexibility index (Phi) is 4.24. The zero-order chi connectivity index (χ0) is 15.7. The number of ether oxygens (including phenoxy) is 1. The van der Waals surface area contributed by atoms with E-state index in [4.69, 9.17) is 4.74 Å². The van der Waals surface area contributed by atoms with Crippen LogP contribution in [0.1, 0.15) is 38.2 Å². The van der Waals surface area contributed by atoms with Crippen LogP contribution in [-0.4, -0.2) is 47.8 Å². The van der Waals surface area contributed by atoms with E-state index in [1.54, 1.807) is 6.92 Å². The second-order valence-corrected chi connectivity index (χ2v) is 6.91. The van der Waals surface area contributed by atoms with Crippen LogP contribution in [0.3, 0.4) is 0 Å². The van der Waals surface area contributed by atoms with Gasteiger partial charge in [-0.2, -0.15) is 0 Å². The Hall–Kier alpha value is -1.39. The predicted molar refractivity (Wildman–Crippen MR) is 84.6 cm³/mol. The second-order valence-electron chi connectivity index (χ2n) is 6.91. The number of rotatable bonds is 4. The molecule has 2 bridgehead atoms. The van der Waals surface area contributed by atoms with E-state index >= 15 is 0 Å². The maximum Gasteiger partial charge on any atom is 0.318 e. The van der Waals surface area contributed by atoms with Crippen molar-refractivity contribution < 1.29 is 14.6 Å². The average molecular weight is 303 g/mol. The number of nitrogens with zero attached hydrogens (tertiary/aromatic N) is 1. The monoisotopic (exact) mass is 303 g/mol. The van der Waals surface area contributed by atoms with Gasteiger partial charge in [-0.3, -0.25) is 4.79 Å². The minimum absolute atomic E-state index is 0.0178. The van der Waals surface area contributed by atoms with Crippen molar-refractivity contribution in [3.63, 3.8) is 0 Å². The largest absolute Gasteiger partial charge is 0.462 e. The van der Waals surface area contributed by atoms with Crippen LogP contribution in [0.5, 0.6) is 0 Å².